The Hall–Kier alpha value is -3.12. The van der Waals surface area contributed by atoms with Gasteiger partial charge < -0.3 is 9.84 Å². The van der Waals surface area contributed by atoms with Gasteiger partial charge in [0.2, 0.25) is 0 Å². The number of amides is 1. The van der Waals surface area contributed by atoms with Crippen LogP contribution in [-0.4, -0.2) is 17.2 Å². The minimum absolute atomic E-state index is 0.0163. The molecule has 0 spiro atoms. The Morgan fingerprint density at radius 1 is 1.04 bits per heavy atom. The van der Waals surface area contributed by atoms with E-state index in [2.05, 4.69) is 5.32 Å². The molecule has 0 aliphatic rings. The molecule has 0 fully saturated rings. The molecule has 1 heterocycles. The third kappa shape index (κ3) is 4.24. The van der Waals surface area contributed by atoms with E-state index in [0.717, 1.165) is 16.0 Å². The Morgan fingerprint density at radius 2 is 1.84 bits per heavy atom. The highest BCUT2D eigenvalue weighted by molar-refractivity contribution is 7.13. The first-order chi connectivity index (χ1) is 12.1. The fraction of sp³-hybridized carbons (Fsp3) is 0.0526. The summed E-state index contributed by atoms with van der Waals surface area (Å²) >= 11 is 1.52. The van der Waals surface area contributed by atoms with Gasteiger partial charge in [-0.2, -0.15) is 0 Å². The number of benzene rings is 2. The molecule has 0 unspecified atom stereocenters. The van der Waals surface area contributed by atoms with Crippen molar-refractivity contribution in [3.05, 3.63) is 77.2 Å². The van der Waals surface area contributed by atoms with E-state index >= 15 is 0 Å². The Bertz CT molecular complexity index is 876. The molecule has 2 aromatic carbocycles. The number of rotatable bonds is 5. The number of thiophene rings is 1. The van der Waals surface area contributed by atoms with Gasteiger partial charge >= 0.3 is 12.1 Å². The van der Waals surface area contributed by atoms with Gasteiger partial charge in [0.05, 0.1) is 11.3 Å². The molecule has 126 valence electrons. The van der Waals surface area contributed by atoms with E-state index in [1.807, 2.05) is 47.8 Å². The Labute approximate surface area is 148 Å². The van der Waals surface area contributed by atoms with Gasteiger partial charge in [-0.1, -0.05) is 42.5 Å². The lowest BCUT2D eigenvalue weighted by Crippen LogP contribution is -2.16. The van der Waals surface area contributed by atoms with Crippen LogP contribution in [0.3, 0.4) is 0 Å². The normalized spacial score (nSPS) is 10.2. The molecule has 3 aromatic rings. The molecule has 5 nitrogen and oxygen atoms in total. The standard InChI is InChI=1S/C19H15NO4S/c21-18(22)15-11-14(17-7-4-10-25-17)8-9-16(15)20-19(23)24-12-13-5-2-1-3-6-13/h1-11H,12H2,(H,20,23)(H,21,22). The van der Waals surface area contributed by atoms with Crippen LogP contribution < -0.4 is 5.32 Å². The van der Waals surface area contributed by atoms with Crippen LogP contribution in [0.15, 0.2) is 66.0 Å². The summed E-state index contributed by atoms with van der Waals surface area (Å²) in [6, 6.07) is 17.9. The summed E-state index contributed by atoms with van der Waals surface area (Å²) in [4.78, 5) is 24.4. The third-order valence-electron chi connectivity index (χ3n) is 3.51. The zero-order valence-corrected chi connectivity index (χ0v) is 14.0. The highest BCUT2D eigenvalue weighted by Crippen LogP contribution is 2.28. The number of hydrogen-bond acceptors (Lipinski definition) is 4. The predicted octanol–water partition coefficient (Wildman–Crippen LogP) is 4.86. The first-order valence-electron chi connectivity index (χ1n) is 7.52. The third-order valence-corrected chi connectivity index (χ3v) is 4.42. The fourth-order valence-corrected chi connectivity index (χ4v) is 3.02. The van der Waals surface area contributed by atoms with Crippen LogP contribution in [0.25, 0.3) is 10.4 Å². The quantitative estimate of drug-likeness (QED) is 0.687. The second kappa shape index (κ2) is 7.63. The van der Waals surface area contributed by atoms with Crippen molar-refractivity contribution in [2.75, 3.05) is 5.32 Å². The number of carbonyl (C=O) groups excluding carboxylic acids is 1. The average molecular weight is 353 g/mol. The summed E-state index contributed by atoms with van der Waals surface area (Å²) in [6.07, 6.45) is -0.699. The van der Waals surface area contributed by atoms with Crippen molar-refractivity contribution in [3.8, 4) is 10.4 Å². The van der Waals surface area contributed by atoms with Gasteiger partial charge in [-0.3, -0.25) is 5.32 Å². The van der Waals surface area contributed by atoms with Crippen molar-refractivity contribution in [2.24, 2.45) is 0 Å². The van der Waals surface area contributed by atoms with Crippen LogP contribution in [0.1, 0.15) is 15.9 Å². The predicted molar refractivity (Wildman–Crippen MR) is 97.0 cm³/mol. The molecule has 0 aliphatic heterocycles. The van der Waals surface area contributed by atoms with Crippen molar-refractivity contribution >= 4 is 29.1 Å². The largest absolute Gasteiger partial charge is 0.478 e. The van der Waals surface area contributed by atoms with Crippen LogP contribution in [0.2, 0.25) is 0 Å². The van der Waals surface area contributed by atoms with E-state index in [9.17, 15) is 14.7 Å². The van der Waals surface area contributed by atoms with Gasteiger partial charge in [0.1, 0.15) is 6.61 Å². The van der Waals surface area contributed by atoms with Crippen LogP contribution in [0.5, 0.6) is 0 Å². The lowest BCUT2D eigenvalue weighted by molar-refractivity contribution is 0.0698. The Kier molecular flexibility index (Phi) is 5.11. The van der Waals surface area contributed by atoms with Crippen molar-refractivity contribution in [1.82, 2.24) is 0 Å². The maximum Gasteiger partial charge on any atom is 0.411 e. The van der Waals surface area contributed by atoms with Crippen LogP contribution in [0, 0.1) is 0 Å². The SMILES string of the molecule is O=C(Nc1ccc(-c2cccs2)cc1C(=O)O)OCc1ccccc1. The number of carboxylic acid groups (broad SMARTS) is 1. The summed E-state index contributed by atoms with van der Waals surface area (Å²) in [5.74, 6) is -1.11. The summed E-state index contributed by atoms with van der Waals surface area (Å²) in [5.41, 5.74) is 1.85. The van der Waals surface area contributed by atoms with E-state index in [-0.39, 0.29) is 17.9 Å². The van der Waals surface area contributed by atoms with Gasteiger partial charge in [-0.05, 0) is 34.7 Å². The summed E-state index contributed by atoms with van der Waals surface area (Å²) < 4.78 is 5.13. The lowest BCUT2D eigenvalue weighted by atomic mass is 10.1. The minimum atomic E-state index is -1.11. The van der Waals surface area contributed by atoms with E-state index in [1.54, 1.807) is 18.2 Å². The number of carbonyl (C=O) groups is 2. The molecule has 2 N–H and O–H groups in total. The van der Waals surface area contributed by atoms with Crippen LogP contribution in [-0.2, 0) is 11.3 Å². The Balaban J connectivity index is 1.73. The zero-order chi connectivity index (χ0) is 17.6. The molecule has 0 saturated carbocycles. The number of nitrogens with one attached hydrogen (secondary N) is 1. The summed E-state index contributed by atoms with van der Waals surface area (Å²) in [5, 5.41) is 13.8. The Morgan fingerprint density at radius 3 is 2.52 bits per heavy atom. The molecule has 0 bridgehead atoms. The summed E-state index contributed by atoms with van der Waals surface area (Å²) in [7, 11) is 0. The second-order valence-electron chi connectivity index (χ2n) is 5.23. The van der Waals surface area contributed by atoms with Gasteiger partial charge in [-0.25, -0.2) is 9.59 Å². The molecule has 1 aromatic heterocycles. The first kappa shape index (κ1) is 16.7. The number of aromatic carboxylic acids is 1. The zero-order valence-electron chi connectivity index (χ0n) is 13.1. The molecular weight excluding hydrogens is 338 g/mol. The molecule has 6 heteroatoms. The monoisotopic (exact) mass is 353 g/mol. The van der Waals surface area contributed by atoms with E-state index in [0.29, 0.717) is 0 Å². The smallest absolute Gasteiger partial charge is 0.411 e. The van der Waals surface area contributed by atoms with Gasteiger partial charge in [0.25, 0.3) is 0 Å². The van der Waals surface area contributed by atoms with Crippen LogP contribution in [0.4, 0.5) is 10.5 Å². The number of carboxylic acids is 1. The molecule has 0 atom stereocenters. The number of hydrogen-bond donors (Lipinski definition) is 2. The first-order valence-corrected chi connectivity index (χ1v) is 8.40. The van der Waals surface area contributed by atoms with Crippen molar-refractivity contribution in [2.45, 2.75) is 6.61 Å². The molecule has 1 amide bonds. The number of ether oxygens (including phenoxy) is 1. The summed E-state index contributed by atoms with van der Waals surface area (Å²) in [6.45, 7) is 0.113. The minimum Gasteiger partial charge on any atom is -0.478 e. The molecule has 25 heavy (non-hydrogen) atoms. The van der Waals surface area contributed by atoms with E-state index < -0.39 is 12.1 Å². The highest BCUT2D eigenvalue weighted by atomic mass is 32.1. The van der Waals surface area contributed by atoms with Crippen LogP contribution >= 0.6 is 11.3 Å². The maximum atomic E-state index is 11.9. The second-order valence-corrected chi connectivity index (χ2v) is 6.18. The average Bonchev–Trinajstić information content (AvgIpc) is 3.16. The fourth-order valence-electron chi connectivity index (χ4n) is 2.30. The van der Waals surface area contributed by atoms with Gasteiger partial charge in [-0.15, -0.1) is 11.3 Å². The highest BCUT2D eigenvalue weighted by Gasteiger charge is 2.15. The van der Waals surface area contributed by atoms with Crippen molar-refractivity contribution < 1.29 is 19.4 Å². The van der Waals surface area contributed by atoms with Crippen molar-refractivity contribution in [1.29, 1.82) is 0 Å². The maximum absolute atomic E-state index is 11.9. The van der Waals surface area contributed by atoms with Gasteiger partial charge in [0, 0.05) is 4.88 Å². The molecule has 0 aliphatic carbocycles. The van der Waals surface area contributed by atoms with E-state index in [1.165, 1.54) is 11.3 Å². The molecular formula is C19H15NO4S. The van der Waals surface area contributed by atoms with E-state index in [4.69, 9.17) is 4.74 Å². The lowest BCUT2D eigenvalue weighted by Gasteiger charge is -2.10. The molecule has 3 rings (SSSR count). The number of anilines is 1. The van der Waals surface area contributed by atoms with Crippen molar-refractivity contribution in [3.63, 3.8) is 0 Å². The molecule has 0 radical (unpaired) electrons. The topological polar surface area (TPSA) is 75.6 Å². The molecule has 0 saturated heterocycles. The van der Waals surface area contributed by atoms with Gasteiger partial charge in [0.15, 0.2) is 0 Å².